The maximum absolute atomic E-state index is 5.85. The normalized spacial score (nSPS) is 10.8. The smallest absolute Gasteiger partial charge is 0.293 e. The third-order valence-electron chi connectivity index (χ3n) is 2.16. The highest BCUT2D eigenvalue weighted by molar-refractivity contribution is 6.51. The Labute approximate surface area is 84.4 Å². The van der Waals surface area contributed by atoms with Crippen molar-refractivity contribution < 1.29 is 4.65 Å². The van der Waals surface area contributed by atoms with Crippen LogP contribution < -0.4 is 0 Å². The molecule has 0 unspecified atom stereocenters. The van der Waals surface area contributed by atoms with Crippen molar-refractivity contribution in [1.82, 2.24) is 0 Å². The third kappa shape index (κ3) is 8.36. The van der Waals surface area contributed by atoms with E-state index in [1.165, 1.54) is 31.9 Å². The Hall–Kier alpha value is 0.0249. The first-order chi connectivity index (χ1) is 6.20. The Morgan fingerprint density at radius 3 is 2.23 bits per heavy atom. The van der Waals surface area contributed by atoms with Crippen LogP contribution in [0.4, 0.5) is 0 Å². The van der Waals surface area contributed by atoms with Gasteiger partial charge in [-0.25, -0.2) is 0 Å². The van der Waals surface area contributed by atoms with E-state index >= 15 is 0 Å². The van der Waals surface area contributed by atoms with E-state index in [0.29, 0.717) is 12.8 Å². The van der Waals surface area contributed by atoms with Gasteiger partial charge in [-0.2, -0.15) is 0 Å². The van der Waals surface area contributed by atoms with Crippen molar-refractivity contribution in [3.8, 4) is 0 Å². The first-order valence-electron chi connectivity index (χ1n) is 5.82. The molecule has 0 N–H and O–H groups in total. The summed E-state index contributed by atoms with van der Waals surface area (Å²) in [6.45, 7) is 10.3. The van der Waals surface area contributed by atoms with Crippen LogP contribution in [0.5, 0.6) is 0 Å². The van der Waals surface area contributed by atoms with Gasteiger partial charge in [-0.1, -0.05) is 47.0 Å². The van der Waals surface area contributed by atoms with E-state index in [0.717, 1.165) is 6.61 Å². The van der Waals surface area contributed by atoms with E-state index in [2.05, 4.69) is 27.7 Å². The summed E-state index contributed by atoms with van der Waals surface area (Å²) in [5.41, 5.74) is 0. The number of hydrogen-bond acceptors (Lipinski definition) is 1. The summed E-state index contributed by atoms with van der Waals surface area (Å²) in [5, 5.41) is 0. The molecule has 78 valence electrons. The summed E-state index contributed by atoms with van der Waals surface area (Å²) < 4.78 is 5.85. The van der Waals surface area contributed by atoms with Gasteiger partial charge in [-0.3, -0.25) is 0 Å². The predicted octanol–water partition coefficient (Wildman–Crippen LogP) is 3.86. The SMILES string of the molecule is CCCCB(CCC)OCC(C)C. The van der Waals surface area contributed by atoms with E-state index < -0.39 is 0 Å². The second kappa shape index (κ2) is 8.62. The maximum atomic E-state index is 5.85. The minimum atomic E-state index is 0.521. The molecule has 0 saturated carbocycles. The lowest BCUT2D eigenvalue weighted by molar-refractivity contribution is 0.269. The average Bonchev–Trinajstić information content (AvgIpc) is 2.09. The van der Waals surface area contributed by atoms with Crippen LogP contribution in [-0.4, -0.2) is 13.5 Å². The lowest BCUT2D eigenvalue weighted by Crippen LogP contribution is -2.20. The predicted molar refractivity (Wildman–Crippen MR) is 61.4 cm³/mol. The van der Waals surface area contributed by atoms with Gasteiger partial charge >= 0.3 is 0 Å². The van der Waals surface area contributed by atoms with E-state index in [-0.39, 0.29) is 0 Å². The van der Waals surface area contributed by atoms with Gasteiger partial charge in [-0.15, -0.1) is 0 Å². The number of rotatable bonds is 8. The zero-order valence-electron chi connectivity index (χ0n) is 9.81. The van der Waals surface area contributed by atoms with Crippen LogP contribution >= 0.6 is 0 Å². The monoisotopic (exact) mass is 184 g/mol. The molecule has 0 rings (SSSR count). The van der Waals surface area contributed by atoms with Crippen LogP contribution in [0.15, 0.2) is 0 Å². The molecule has 0 atom stereocenters. The van der Waals surface area contributed by atoms with Gasteiger partial charge in [-0.05, 0) is 18.6 Å². The molecule has 0 aliphatic heterocycles. The summed E-state index contributed by atoms with van der Waals surface area (Å²) in [5.74, 6) is 0.668. The molecule has 0 radical (unpaired) electrons. The molecular weight excluding hydrogens is 159 g/mol. The molecule has 0 aliphatic carbocycles. The summed E-state index contributed by atoms with van der Waals surface area (Å²) in [7, 11) is 0. The molecule has 0 bridgehead atoms. The highest BCUT2D eigenvalue weighted by Gasteiger charge is 2.13. The highest BCUT2D eigenvalue weighted by atomic mass is 16.4. The van der Waals surface area contributed by atoms with Gasteiger partial charge in [0.25, 0.3) is 6.92 Å². The van der Waals surface area contributed by atoms with Gasteiger partial charge in [0.2, 0.25) is 0 Å². The molecule has 2 heteroatoms. The molecule has 13 heavy (non-hydrogen) atoms. The maximum Gasteiger partial charge on any atom is 0.293 e. The van der Waals surface area contributed by atoms with Gasteiger partial charge in [0, 0.05) is 6.61 Å². The molecule has 0 aliphatic rings. The second-order valence-electron chi connectivity index (χ2n) is 4.28. The summed E-state index contributed by atoms with van der Waals surface area (Å²) >= 11 is 0. The van der Waals surface area contributed by atoms with Crippen LogP contribution in [-0.2, 0) is 4.65 Å². The summed E-state index contributed by atoms with van der Waals surface area (Å²) in [4.78, 5) is 0. The van der Waals surface area contributed by atoms with Crippen LogP contribution in [0, 0.1) is 5.92 Å². The van der Waals surface area contributed by atoms with Crippen molar-refractivity contribution in [3.63, 3.8) is 0 Å². The Morgan fingerprint density at radius 1 is 1.08 bits per heavy atom. The van der Waals surface area contributed by atoms with E-state index in [1.54, 1.807) is 0 Å². The Kier molecular flexibility index (Phi) is 8.63. The first-order valence-corrected chi connectivity index (χ1v) is 5.82. The molecule has 0 spiro atoms. The lowest BCUT2D eigenvalue weighted by atomic mass is 9.59. The summed E-state index contributed by atoms with van der Waals surface area (Å²) in [6.07, 6.45) is 6.31. The molecule has 0 amide bonds. The molecule has 0 fully saturated rings. The first kappa shape index (κ1) is 13.0. The fourth-order valence-electron chi connectivity index (χ4n) is 1.39. The molecule has 0 saturated heterocycles. The Morgan fingerprint density at radius 2 is 1.77 bits per heavy atom. The minimum Gasteiger partial charge on any atom is -0.436 e. The van der Waals surface area contributed by atoms with Crippen molar-refractivity contribution in [1.29, 1.82) is 0 Å². The minimum absolute atomic E-state index is 0.521. The molecule has 0 aromatic carbocycles. The molecule has 0 heterocycles. The van der Waals surface area contributed by atoms with Crippen molar-refractivity contribution in [2.75, 3.05) is 6.61 Å². The van der Waals surface area contributed by atoms with E-state index in [1.807, 2.05) is 0 Å². The zero-order valence-corrected chi connectivity index (χ0v) is 9.81. The quantitative estimate of drug-likeness (QED) is 0.520. The van der Waals surface area contributed by atoms with Crippen molar-refractivity contribution in [2.45, 2.75) is 59.6 Å². The third-order valence-corrected chi connectivity index (χ3v) is 2.16. The molecule has 0 aromatic heterocycles. The molecule has 0 aromatic rings. The Balaban J connectivity index is 3.53. The van der Waals surface area contributed by atoms with Crippen molar-refractivity contribution >= 4 is 6.92 Å². The number of unbranched alkanes of at least 4 members (excludes halogenated alkanes) is 1. The van der Waals surface area contributed by atoms with Crippen LogP contribution in [0.25, 0.3) is 0 Å². The van der Waals surface area contributed by atoms with Crippen molar-refractivity contribution in [2.24, 2.45) is 5.92 Å². The second-order valence-corrected chi connectivity index (χ2v) is 4.28. The molecular formula is C11H25BO. The fraction of sp³-hybridized carbons (Fsp3) is 1.00. The van der Waals surface area contributed by atoms with Gasteiger partial charge in [0.15, 0.2) is 0 Å². The van der Waals surface area contributed by atoms with Crippen LogP contribution in [0.1, 0.15) is 47.0 Å². The Bertz CT molecular complexity index is 104. The summed E-state index contributed by atoms with van der Waals surface area (Å²) in [6, 6.07) is 0. The number of hydrogen-bond donors (Lipinski definition) is 0. The molecule has 1 nitrogen and oxygen atoms in total. The fourth-order valence-corrected chi connectivity index (χ4v) is 1.39. The van der Waals surface area contributed by atoms with Crippen LogP contribution in [0.2, 0.25) is 12.6 Å². The van der Waals surface area contributed by atoms with Gasteiger partial charge in [0.1, 0.15) is 0 Å². The van der Waals surface area contributed by atoms with E-state index in [9.17, 15) is 0 Å². The van der Waals surface area contributed by atoms with Crippen LogP contribution in [0.3, 0.4) is 0 Å². The lowest BCUT2D eigenvalue weighted by Gasteiger charge is -2.14. The highest BCUT2D eigenvalue weighted by Crippen LogP contribution is 2.10. The zero-order chi connectivity index (χ0) is 10.1. The van der Waals surface area contributed by atoms with Crippen molar-refractivity contribution in [3.05, 3.63) is 0 Å². The average molecular weight is 184 g/mol. The standard InChI is InChI=1S/C11H25BO/c1-5-7-9-12(8-6-2)13-10-11(3)4/h11H,5-10H2,1-4H3. The van der Waals surface area contributed by atoms with E-state index in [4.69, 9.17) is 4.65 Å². The topological polar surface area (TPSA) is 9.23 Å². The van der Waals surface area contributed by atoms with Gasteiger partial charge in [0.05, 0.1) is 0 Å². The van der Waals surface area contributed by atoms with Gasteiger partial charge < -0.3 is 4.65 Å². The largest absolute Gasteiger partial charge is 0.436 e.